The normalized spacial score (nSPS) is 10.6. The fourth-order valence-electron chi connectivity index (χ4n) is 2.61. The summed E-state index contributed by atoms with van der Waals surface area (Å²) in [6, 6.07) is 10.9. The van der Waals surface area contributed by atoms with Crippen molar-refractivity contribution in [3.8, 4) is 0 Å². The molecule has 1 aromatic carbocycles. The summed E-state index contributed by atoms with van der Waals surface area (Å²) < 4.78 is 6.55. The Labute approximate surface area is 144 Å². The maximum Gasteiger partial charge on any atom is 0.325 e. The van der Waals surface area contributed by atoms with E-state index < -0.39 is 0 Å². The van der Waals surface area contributed by atoms with Crippen LogP contribution in [-0.2, 0) is 22.6 Å². The van der Waals surface area contributed by atoms with E-state index >= 15 is 0 Å². The van der Waals surface area contributed by atoms with E-state index in [-0.39, 0.29) is 25.0 Å². The summed E-state index contributed by atoms with van der Waals surface area (Å²) in [6.07, 6.45) is 3.15. The molecule has 0 aliphatic rings. The number of amides is 1. The largest absolute Gasteiger partial charge is 0.468 e. The Bertz CT molecular complexity index is 905. The van der Waals surface area contributed by atoms with Crippen molar-refractivity contribution >= 4 is 22.9 Å². The van der Waals surface area contributed by atoms with Crippen molar-refractivity contribution < 1.29 is 14.3 Å². The molecule has 2 heterocycles. The van der Waals surface area contributed by atoms with Crippen LogP contribution in [0.3, 0.4) is 0 Å². The van der Waals surface area contributed by atoms with Gasteiger partial charge in [-0.15, -0.1) is 0 Å². The molecule has 128 valence electrons. The minimum absolute atomic E-state index is 0.0453. The number of benzene rings is 1. The number of nitrogens with zero attached hydrogens (tertiary/aromatic N) is 4. The summed E-state index contributed by atoms with van der Waals surface area (Å²) in [5, 5.41) is 0. The molecule has 0 spiro atoms. The molecule has 1 amide bonds. The van der Waals surface area contributed by atoms with Gasteiger partial charge in [-0.3, -0.25) is 14.6 Å². The fourth-order valence-corrected chi connectivity index (χ4v) is 2.61. The third-order valence-corrected chi connectivity index (χ3v) is 3.90. The predicted molar refractivity (Wildman–Crippen MR) is 91.8 cm³/mol. The molecule has 0 atom stereocenters. The summed E-state index contributed by atoms with van der Waals surface area (Å²) in [5.41, 5.74) is 2.15. The monoisotopic (exact) mass is 338 g/mol. The number of hydrogen-bond donors (Lipinski definition) is 0. The molecular weight excluding hydrogens is 320 g/mol. The molecule has 25 heavy (non-hydrogen) atoms. The van der Waals surface area contributed by atoms with Gasteiger partial charge in [-0.05, 0) is 24.3 Å². The zero-order valence-electron chi connectivity index (χ0n) is 14.0. The molecule has 0 aliphatic carbocycles. The van der Waals surface area contributed by atoms with Gasteiger partial charge in [0.15, 0.2) is 0 Å². The Hall–Kier alpha value is -3.22. The second-order valence-electron chi connectivity index (χ2n) is 5.58. The third-order valence-electron chi connectivity index (χ3n) is 3.90. The lowest BCUT2D eigenvalue weighted by molar-refractivity contribution is -0.141. The van der Waals surface area contributed by atoms with Gasteiger partial charge in [0, 0.05) is 25.0 Å². The molecule has 0 radical (unpaired) electrons. The average Bonchev–Trinajstić information content (AvgIpc) is 2.98. The van der Waals surface area contributed by atoms with E-state index in [4.69, 9.17) is 4.74 Å². The highest BCUT2D eigenvalue weighted by Crippen LogP contribution is 2.18. The first-order chi connectivity index (χ1) is 12.1. The van der Waals surface area contributed by atoms with Crippen molar-refractivity contribution in [2.75, 3.05) is 14.2 Å². The topological polar surface area (TPSA) is 77.3 Å². The molecule has 7 nitrogen and oxygen atoms in total. The lowest BCUT2D eigenvalue weighted by Gasteiger charge is -2.17. The lowest BCUT2D eigenvalue weighted by atomic mass is 10.2. The standard InChI is InChI=1S/C18H18N4O3/c1-21(18(24)13-7-9-19-10-8-13)11-16-20-14-5-3-4-6-15(14)22(16)12-17(23)25-2/h3-10H,11-12H2,1-2H3. The Balaban J connectivity index is 1.91. The number of esters is 1. The van der Waals surface area contributed by atoms with Crippen molar-refractivity contribution in [3.63, 3.8) is 0 Å². The van der Waals surface area contributed by atoms with Crippen LogP contribution in [-0.4, -0.2) is 45.5 Å². The van der Waals surface area contributed by atoms with Gasteiger partial charge < -0.3 is 14.2 Å². The number of pyridine rings is 1. The second-order valence-corrected chi connectivity index (χ2v) is 5.58. The van der Waals surface area contributed by atoms with Gasteiger partial charge >= 0.3 is 5.97 Å². The van der Waals surface area contributed by atoms with Crippen LogP contribution < -0.4 is 0 Å². The molecule has 0 aliphatic heterocycles. The molecule has 0 unspecified atom stereocenters. The van der Waals surface area contributed by atoms with Gasteiger partial charge in [-0.25, -0.2) is 4.98 Å². The molecule has 0 saturated heterocycles. The smallest absolute Gasteiger partial charge is 0.325 e. The minimum atomic E-state index is -0.368. The third kappa shape index (κ3) is 3.50. The highest BCUT2D eigenvalue weighted by atomic mass is 16.5. The van der Waals surface area contributed by atoms with Crippen LogP contribution in [0.5, 0.6) is 0 Å². The van der Waals surface area contributed by atoms with Crippen molar-refractivity contribution in [1.82, 2.24) is 19.4 Å². The first-order valence-corrected chi connectivity index (χ1v) is 7.76. The van der Waals surface area contributed by atoms with E-state index in [0.717, 1.165) is 11.0 Å². The van der Waals surface area contributed by atoms with Gasteiger partial charge in [0.1, 0.15) is 12.4 Å². The summed E-state index contributed by atoms with van der Waals surface area (Å²) in [5.74, 6) is 0.114. The van der Waals surface area contributed by atoms with Crippen LogP contribution in [0.25, 0.3) is 11.0 Å². The number of fused-ring (bicyclic) bond motifs is 1. The van der Waals surface area contributed by atoms with Crippen LogP contribution in [0.15, 0.2) is 48.8 Å². The fraction of sp³-hybridized carbons (Fsp3) is 0.222. The first kappa shape index (κ1) is 16.6. The van der Waals surface area contributed by atoms with Gasteiger partial charge in [-0.1, -0.05) is 12.1 Å². The van der Waals surface area contributed by atoms with Crippen LogP contribution in [0.1, 0.15) is 16.2 Å². The maximum absolute atomic E-state index is 12.5. The van der Waals surface area contributed by atoms with E-state index in [2.05, 4.69) is 9.97 Å². The molecule has 3 rings (SSSR count). The van der Waals surface area contributed by atoms with Crippen molar-refractivity contribution in [3.05, 3.63) is 60.2 Å². The van der Waals surface area contributed by atoms with E-state index in [1.165, 1.54) is 7.11 Å². The van der Waals surface area contributed by atoms with Gasteiger partial charge in [0.25, 0.3) is 5.91 Å². The summed E-state index contributed by atoms with van der Waals surface area (Å²) in [4.78, 5) is 34.3. The number of carbonyl (C=O) groups is 2. The molecule has 3 aromatic rings. The Morgan fingerprint density at radius 1 is 1.16 bits per heavy atom. The molecule has 2 aromatic heterocycles. The summed E-state index contributed by atoms with van der Waals surface area (Å²) >= 11 is 0. The number of ether oxygens (including phenoxy) is 1. The molecule has 7 heteroatoms. The van der Waals surface area contributed by atoms with E-state index in [1.807, 2.05) is 24.3 Å². The molecule has 0 saturated carbocycles. The Morgan fingerprint density at radius 2 is 1.88 bits per heavy atom. The lowest BCUT2D eigenvalue weighted by Crippen LogP contribution is -2.28. The molecular formula is C18H18N4O3. The molecule has 0 N–H and O–H groups in total. The van der Waals surface area contributed by atoms with E-state index in [9.17, 15) is 9.59 Å². The highest BCUT2D eigenvalue weighted by molar-refractivity contribution is 5.93. The van der Waals surface area contributed by atoms with E-state index in [1.54, 1.807) is 41.0 Å². The van der Waals surface area contributed by atoms with Crippen LogP contribution in [0.4, 0.5) is 0 Å². The molecule has 0 fully saturated rings. The number of imidazole rings is 1. The minimum Gasteiger partial charge on any atom is -0.468 e. The summed E-state index contributed by atoms with van der Waals surface area (Å²) in [7, 11) is 3.05. The maximum atomic E-state index is 12.5. The van der Waals surface area contributed by atoms with Crippen LogP contribution in [0.2, 0.25) is 0 Å². The summed E-state index contributed by atoms with van der Waals surface area (Å²) in [6.45, 7) is 0.316. The molecule has 0 bridgehead atoms. The SMILES string of the molecule is COC(=O)Cn1c(CN(C)C(=O)c2ccncc2)nc2ccccc21. The first-order valence-electron chi connectivity index (χ1n) is 7.76. The van der Waals surface area contributed by atoms with Crippen molar-refractivity contribution in [1.29, 1.82) is 0 Å². The van der Waals surface area contributed by atoms with Gasteiger partial charge in [-0.2, -0.15) is 0 Å². The van der Waals surface area contributed by atoms with Crippen molar-refractivity contribution in [2.24, 2.45) is 0 Å². The Morgan fingerprint density at radius 3 is 2.60 bits per heavy atom. The number of carbonyl (C=O) groups excluding carboxylic acids is 2. The number of para-hydroxylation sites is 2. The van der Waals surface area contributed by atoms with Crippen LogP contribution >= 0.6 is 0 Å². The van der Waals surface area contributed by atoms with E-state index in [0.29, 0.717) is 11.4 Å². The van der Waals surface area contributed by atoms with Gasteiger partial charge in [0.2, 0.25) is 0 Å². The number of methoxy groups -OCH3 is 1. The quantitative estimate of drug-likeness (QED) is 0.664. The average molecular weight is 338 g/mol. The highest BCUT2D eigenvalue weighted by Gasteiger charge is 2.18. The number of rotatable bonds is 5. The number of hydrogen-bond acceptors (Lipinski definition) is 5. The zero-order chi connectivity index (χ0) is 17.8. The van der Waals surface area contributed by atoms with Crippen LogP contribution in [0, 0.1) is 0 Å². The predicted octanol–water partition coefficient (Wildman–Crippen LogP) is 1.88. The van der Waals surface area contributed by atoms with Gasteiger partial charge in [0.05, 0.1) is 24.7 Å². The Kier molecular flexibility index (Phi) is 4.74. The number of aromatic nitrogens is 3. The van der Waals surface area contributed by atoms with Crippen molar-refractivity contribution in [2.45, 2.75) is 13.1 Å². The zero-order valence-corrected chi connectivity index (χ0v) is 14.0. The second kappa shape index (κ2) is 7.12.